The van der Waals surface area contributed by atoms with E-state index in [2.05, 4.69) is 0 Å². The van der Waals surface area contributed by atoms with Gasteiger partial charge in [-0.2, -0.15) is 0 Å². The minimum absolute atomic E-state index is 0.185. The van der Waals surface area contributed by atoms with Crippen molar-refractivity contribution in [2.45, 2.75) is 26.5 Å². The first kappa shape index (κ1) is 6.55. The van der Waals surface area contributed by atoms with Crippen molar-refractivity contribution in [2.75, 3.05) is 0 Å². The standard InChI is InChI=1S/C6H11NO2/c1-6(2)3-4(7)9-5(6)8/h4H,3,7H2,1-2H3. The third-order valence-electron chi connectivity index (χ3n) is 1.52. The van der Waals surface area contributed by atoms with Crippen molar-refractivity contribution in [1.82, 2.24) is 0 Å². The largest absolute Gasteiger partial charge is 0.446 e. The fourth-order valence-corrected chi connectivity index (χ4v) is 0.925. The average molecular weight is 129 g/mol. The first-order valence-corrected chi connectivity index (χ1v) is 2.99. The molecule has 2 N–H and O–H groups in total. The van der Waals surface area contributed by atoms with E-state index in [1.807, 2.05) is 13.8 Å². The molecule has 1 atom stereocenters. The summed E-state index contributed by atoms with van der Waals surface area (Å²) in [5.74, 6) is -0.185. The summed E-state index contributed by atoms with van der Waals surface area (Å²) < 4.78 is 4.72. The Balaban J connectivity index is 2.70. The summed E-state index contributed by atoms with van der Waals surface area (Å²) >= 11 is 0. The van der Waals surface area contributed by atoms with Crippen molar-refractivity contribution in [3.05, 3.63) is 0 Å². The van der Waals surface area contributed by atoms with Crippen molar-refractivity contribution in [1.29, 1.82) is 0 Å². The van der Waals surface area contributed by atoms with Crippen LogP contribution in [-0.2, 0) is 9.53 Å². The Hall–Kier alpha value is -0.570. The highest BCUT2D eigenvalue weighted by atomic mass is 16.6. The van der Waals surface area contributed by atoms with Crippen LogP contribution in [0.5, 0.6) is 0 Å². The topological polar surface area (TPSA) is 52.3 Å². The smallest absolute Gasteiger partial charge is 0.313 e. The van der Waals surface area contributed by atoms with Gasteiger partial charge in [-0.3, -0.25) is 10.5 Å². The molecule has 1 saturated heterocycles. The van der Waals surface area contributed by atoms with Gasteiger partial charge in [0.25, 0.3) is 0 Å². The predicted molar refractivity (Wildman–Crippen MR) is 32.5 cm³/mol. The number of nitrogens with two attached hydrogens (primary N) is 1. The Labute approximate surface area is 54.2 Å². The maximum absolute atomic E-state index is 10.8. The molecule has 0 radical (unpaired) electrons. The monoisotopic (exact) mass is 129 g/mol. The van der Waals surface area contributed by atoms with E-state index in [-0.39, 0.29) is 17.6 Å². The van der Waals surface area contributed by atoms with Gasteiger partial charge in [0.15, 0.2) is 6.23 Å². The van der Waals surface area contributed by atoms with Gasteiger partial charge in [0.05, 0.1) is 5.41 Å². The van der Waals surface area contributed by atoms with Crippen LogP contribution in [0.3, 0.4) is 0 Å². The van der Waals surface area contributed by atoms with Gasteiger partial charge in [-0.1, -0.05) is 0 Å². The number of cyclic esters (lactones) is 1. The van der Waals surface area contributed by atoms with E-state index < -0.39 is 0 Å². The number of carbonyl (C=O) groups excluding carboxylic acids is 1. The van der Waals surface area contributed by atoms with E-state index in [1.165, 1.54) is 0 Å². The molecular weight excluding hydrogens is 118 g/mol. The second kappa shape index (κ2) is 1.70. The first-order valence-electron chi connectivity index (χ1n) is 2.99. The van der Waals surface area contributed by atoms with Crippen LogP contribution < -0.4 is 5.73 Å². The fraction of sp³-hybridized carbons (Fsp3) is 0.833. The molecule has 0 saturated carbocycles. The maximum Gasteiger partial charge on any atom is 0.313 e. The van der Waals surface area contributed by atoms with Gasteiger partial charge in [-0.15, -0.1) is 0 Å². The number of ether oxygens (including phenoxy) is 1. The van der Waals surface area contributed by atoms with Gasteiger partial charge in [-0.25, -0.2) is 0 Å². The molecular formula is C6H11NO2. The predicted octanol–water partition coefficient (Wildman–Crippen LogP) is 0.244. The quantitative estimate of drug-likeness (QED) is 0.477. The Bertz CT molecular complexity index is 142. The van der Waals surface area contributed by atoms with Gasteiger partial charge in [-0.05, 0) is 13.8 Å². The zero-order chi connectivity index (χ0) is 7.07. The molecule has 3 nitrogen and oxygen atoms in total. The normalized spacial score (nSPS) is 32.3. The molecule has 1 rings (SSSR count). The zero-order valence-electron chi connectivity index (χ0n) is 5.68. The SMILES string of the molecule is CC1(C)CC(N)OC1=O. The van der Waals surface area contributed by atoms with E-state index in [1.54, 1.807) is 0 Å². The van der Waals surface area contributed by atoms with Crippen LogP contribution in [0.15, 0.2) is 0 Å². The molecule has 52 valence electrons. The Morgan fingerprint density at radius 3 is 2.44 bits per heavy atom. The number of hydrogen-bond donors (Lipinski definition) is 1. The number of carbonyl (C=O) groups is 1. The fourth-order valence-electron chi connectivity index (χ4n) is 0.925. The molecule has 0 aromatic carbocycles. The van der Waals surface area contributed by atoms with Crippen molar-refractivity contribution in [3.63, 3.8) is 0 Å². The van der Waals surface area contributed by atoms with Crippen LogP contribution in [0.4, 0.5) is 0 Å². The van der Waals surface area contributed by atoms with E-state index in [4.69, 9.17) is 10.5 Å². The molecule has 0 aliphatic carbocycles. The van der Waals surface area contributed by atoms with Crippen LogP contribution in [-0.4, -0.2) is 12.2 Å². The second-order valence-corrected chi connectivity index (χ2v) is 3.03. The molecule has 1 aliphatic heterocycles. The van der Waals surface area contributed by atoms with Crippen LogP contribution in [0.1, 0.15) is 20.3 Å². The lowest BCUT2D eigenvalue weighted by molar-refractivity contribution is -0.147. The van der Waals surface area contributed by atoms with Gasteiger partial charge in [0.1, 0.15) is 0 Å². The highest BCUT2D eigenvalue weighted by molar-refractivity contribution is 5.77. The van der Waals surface area contributed by atoms with Crippen molar-refractivity contribution >= 4 is 5.97 Å². The summed E-state index contributed by atoms with van der Waals surface area (Å²) in [5, 5.41) is 0. The van der Waals surface area contributed by atoms with Gasteiger partial charge in [0, 0.05) is 6.42 Å². The average Bonchev–Trinajstić information content (AvgIpc) is 1.79. The third-order valence-corrected chi connectivity index (χ3v) is 1.52. The minimum Gasteiger partial charge on any atom is -0.446 e. The van der Waals surface area contributed by atoms with Gasteiger partial charge < -0.3 is 4.74 Å². The van der Waals surface area contributed by atoms with Gasteiger partial charge >= 0.3 is 5.97 Å². The molecule has 9 heavy (non-hydrogen) atoms. The van der Waals surface area contributed by atoms with Crippen molar-refractivity contribution < 1.29 is 9.53 Å². The number of rotatable bonds is 0. The van der Waals surface area contributed by atoms with E-state index in [9.17, 15) is 4.79 Å². The van der Waals surface area contributed by atoms with E-state index >= 15 is 0 Å². The summed E-state index contributed by atoms with van der Waals surface area (Å²) in [5.41, 5.74) is 5.00. The molecule has 1 fully saturated rings. The molecule has 0 amide bonds. The Morgan fingerprint density at radius 1 is 1.78 bits per heavy atom. The molecule has 0 aromatic rings. The van der Waals surface area contributed by atoms with Gasteiger partial charge in [0.2, 0.25) is 0 Å². The number of esters is 1. The highest BCUT2D eigenvalue weighted by Gasteiger charge is 2.39. The molecule has 1 heterocycles. The summed E-state index contributed by atoms with van der Waals surface area (Å²) in [6.45, 7) is 3.67. The Morgan fingerprint density at radius 2 is 2.33 bits per heavy atom. The lowest BCUT2D eigenvalue weighted by atomic mass is 9.92. The summed E-state index contributed by atoms with van der Waals surface area (Å²) in [6, 6.07) is 0. The highest BCUT2D eigenvalue weighted by Crippen LogP contribution is 2.30. The van der Waals surface area contributed by atoms with Crippen molar-refractivity contribution in [2.24, 2.45) is 11.1 Å². The maximum atomic E-state index is 10.8. The Kier molecular flexibility index (Phi) is 1.24. The van der Waals surface area contributed by atoms with Crippen LogP contribution in [0, 0.1) is 5.41 Å². The molecule has 1 unspecified atom stereocenters. The lowest BCUT2D eigenvalue weighted by Crippen LogP contribution is -2.18. The summed E-state index contributed by atoms with van der Waals surface area (Å²) in [4.78, 5) is 10.8. The zero-order valence-corrected chi connectivity index (χ0v) is 5.68. The molecule has 0 aromatic heterocycles. The number of hydrogen-bond acceptors (Lipinski definition) is 3. The lowest BCUT2D eigenvalue weighted by Gasteiger charge is -2.08. The van der Waals surface area contributed by atoms with E-state index in [0.29, 0.717) is 6.42 Å². The summed E-state index contributed by atoms with van der Waals surface area (Å²) in [6.07, 6.45) is 0.249. The third kappa shape index (κ3) is 1.05. The molecule has 1 aliphatic rings. The molecule has 0 bridgehead atoms. The first-order chi connectivity index (χ1) is 4.02. The second-order valence-electron chi connectivity index (χ2n) is 3.03. The minimum atomic E-state index is -0.382. The van der Waals surface area contributed by atoms with Crippen LogP contribution in [0.2, 0.25) is 0 Å². The van der Waals surface area contributed by atoms with Crippen molar-refractivity contribution in [3.8, 4) is 0 Å². The van der Waals surface area contributed by atoms with Crippen LogP contribution in [0.25, 0.3) is 0 Å². The van der Waals surface area contributed by atoms with Crippen LogP contribution >= 0.6 is 0 Å². The molecule has 3 heteroatoms. The molecule has 0 spiro atoms. The summed E-state index contributed by atoms with van der Waals surface area (Å²) in [7, 11) is 0. The van der Waals surface area contributed by atoms with E-state index in [0.717, 1.165) is 0 Å².